The first kappa shape index (κ1) is 33.2. The highest BCUT2D eigenvalue weighted by Gasteiger charge is 2.38. The van der Waals surface area contributed by atoms with Gasteiger partial charge in [-0.1, -0.05) is 36.4 Å². The molecule has 2 aliphatic rings. The van der Waals surface area contributed by atoms with Crippen LogP contribution in [0.2, 0.25) is 0 Å². The fourth-order valence-corrected chi connectivity index (χ4v) is 7.02. The van der Waals surface area contributed by atoms with Gasteiger partial charge in [0.2, 0.25) is 15.9 Å². The summed E-state index contributed by atoms with van der Waals surface area (Å²) in [7, 11) is -1.68. The molecule has 238 valence electrons. The summed E-state index contributed by atoms with van der Waals surface area (Å²) in [5.74, 6) is -1.13. The zero-order valence-electron chi connectivity index (χ0n) is 24.3. The second-order valence-electron chi connectivity index (χ2n) is 11.1. The average molecular weight is 628 g/mol. The number of amides is 1. The van der Waals surface area contributed by atoms with Crippen LogP contribution >= 0.6 is 0 Å². The van der Waals surface area contributed by atoms with E-state index >= 15 is 0 Å². The molecule has 5 atom stereocenters. The molecule has 0 unspecified atom stereocenters. The maximum Gasteiger partial charge on any atom is 0.390 e. The molecule has 3 N–H and O–H groups in total. The van der Waals surface area contributed by atoms with E-state index in [1.165, 1.54) is 0 Å². The van der Waals surface area contributed by atoms with Gasteiger partial charge in [-0.25, -0.2) is 8.42 Å². The van der Waals surface area contributed by atoms with Crippen LogP contribution in [-0.2, 0) is 26.0 Å². The lowest BCUT2D eigenvalue weighted by molar-refractivity contribution is -0.130. The minimum atomic E-state index is -4.66. The zero-order chi connectivity index (χ0) is 31.2. The summed E-state index contributed by atoms with van der Waals surface area (Å²) in [4.78, 5) is 13.6. The first-order valence-electron chi connectivity index (χ1n) is 14.5. The summed E-state index contributed by atoms with van der Waals surface area (Å²) in [6, 6.07) is 12.8. The number of aliphatic hydroxyl groups is 1. The zero-order valence-corrected chi connectivity index (χ0v) is 25.2. The van der Waals surface area contributed by atoms with Crippen LogP contribution < -0.4 is 15.4 Å². The van der Waals surface area contributed by atoms with E-state index < -0.39 is 52.5 Å². The van der Waals surface area contributed by atoms with Crippen LogP contribution in [0.4, 0.5) is 13.2 Å². The molecular weight excluding hydrogens is 587 g/mol. The number of ether oxygens (including phenoxy) is 2. The molecule has 2 bridgehead atoms. The lowest BCUT2D eigenvalue weighted by atomic mass is 9.99. The van der Waals surface area contributed by atoms with Gasteiger partial charge in [0.25, 0.3) is 0 Å². The predicted octanol–water partition coefficient (Wildman–Crippen LogP) is 3.64. The van der Waals surface area contributed by atoms with Gasteiger partial charge in [0, 0.05) is 26.2 Å². The molecule has 9 nitrogen and oxygen atoms in total. The Morgan fingerprint density at radius 1 is 1.12 bits per heavy atom. The van der Waals surface area contributed by atoms with Crippen molar-refractivity contribution in [2.75, 3.05) is 33.1 Å². The Hall–Kier alpha value is -2.71. The Kier molecular flexibility index (Phi) is 11.1. The standard InChI is InChI=1S/C30H40F3N3O6S/c1-36(43(39,40)15-13-30(31,32)33)26-10-6-7-14-42-28-18-24(23-17-21(41-2)11-12-22(23)28)34-19-27(37)25(35-29(26)38)16-20-8-4-3-5-9-20/h3-5,8-9,11-12,17,24-28,34,37H,6-7,10,13-16,18-19H2,1-2H3,(H,35,38)/t24-,25+,26-,27-,28+/m1/s1. The third kappa shape index (κ3) is 8.91. The van der Waals surface area contributed by atoms with Gasteiger partial charge in [-0.3, -0.25) is 4.79 Å². The number of nitrogens with zero attached hydrogens (tertiary/aromatic N) is 1. The molecule has 1 aliphatic carbocycles. The maximum atomic E-state index is 13.6. The Morgan fingerprint density at radius 3 is 2.56 bits per heavy atom. The molecule has 1 heterocycles. The number of rotatable bonds is 7. The number of benzene rings is 2. The van der Waals surface area contributed by atoms with Gasteiger partial charge in [-0.2, -0.15) is 17.5 Å². The monoisotopic (exact) mass is 627 g/mol. The number of aliphatic hydroxyl groups excluding tert-OH is 1. The van der Waals surface area contributed by atoms with Crippen molar-refractivity contribution < 1.29 is 41.0 Å². The third-order valence-corrected chi connectivity index (χ3v) is 10.00. The SMILES string of the molecule is COc1ccc2c(c1)[C@H]1C[C@@H]2OCCCC[C@@H](N(C)S(=O)(=O)CCC(F)(F)F)C(=O)N[C@@H](Cc2ccccc2)[C@H](O)CN1. The van der Waals surface area contributed by atoms with Crippen LogP contribution in [0.25, 0.3) is 0 Å². The van der Waals surface area contributed by atoms with Crippen molar-refractivity contribution >= 4 is 15.9 Å². The van der Waals surface area contributed by atoms with E-state index in [0.717, 1.165) is 28.0 Å². The molecule has 2 aromatic carbocycles. The second-order valence-corrected chi connectivity index (χ2v) is 13.3. The van der Waals surface area contributed by atoms with Crippen molar-refractivity contribution in [1.82, 2.24) is 14.9 Å². The van der Waals surface area contributed by atoms with Crippen molar-refractivity contribution in [3.8, 4) is 5.75 Å². The molecule has 0 aromatic heterocycles. The van der Waals surface area contributed by atoms with Gasteiger partial charge < -0.3 is 25.2 Å². The predicted molar refractivity (Wildman–Crippen MR) is 155 cm³/mol. The fourth-order valence-electron chi connectivity index (χ4n) is 5.66. The lowest BCUT2D eigenvalue weighted by Gasteiger charge is -2.31. The van der Waals surface area contributed by atoms with Crippen molar-refractivity contribution in [1.29, 1.82) is 0 Å². The number of fused-ring (bicyclic) bond motifs is 5. The van der Waals surface area contributed by atoms with Gasteiger partial charge in [0.05, 0.1) is 37.5 Å². The van der Waals surface area contributed by atoms with Gasteiger partial charge in [-0.05, 0) is 60.9 Å². The summed E-state index contributed by atoms with van der Waals surface area (Å²) < 4.78 is 76.7. The maximum absolute atomic E-state index is 13.6. The molecule has 43 heavy (non-hydrogen) atoms. The Morgan fingerprint density at radius 2 is 1.86 bits per heavy atom. The molecule has 1 amide bonds. The highest BCUT2D eigenvalue weighted by Crippen LogP contribution is 2.42. The van der Waals surface area contributed by atoms with E-state index in [1.807, 2.05) is 48.5 Å². The number of alkyl halides is 3. The van der Waals surface area contributed by atoms with Crippen molar-refractivity contribution in [3.05, 3.63) is 65.2 Å². The van der Waals surface area contributed by atoms with Crippen LogP contribution in [-0.4, -0.2) is 81.2 Å². The summed E-state index contributed by atoms with van der Waals surface area (Å²) in [5, 5.41) is 17.6. The summed E-state index contributed by atoms with van der Waals surface area (Å²) in [6.45, 7) is 0.456. The van der Waals surface area contributed by atoms with Crippen molar-refractivity contribution in [3.63, 3.8) is 0 Å². The number of hydrogen-bond donors (Lipinski definition) is 3. The van der Waals surface area contributed by atoms with Crippen LogP contribution in [0.5, 0.6) is 5.75 Å². The molecule has 1 aliphatic heterocycles. The molecule has 0 radical (unpaired) electrons. The minimum Gasteiger partial charge on any atom is -0.497 e. The summed E-state index contributed by atoms with van der Waals surface area (Å²) in [6.07, 6.45) is -5.58. The second kappa shape index (κ2) is 14.4. The van der Waals surface area contributed by atoms with E-state index in [2.05, 4.69) is 10.6 Å². The molecule has 0 saturated carbocycles. The van der Waals surface area contributed by atoms with Crippen LogP contribution in [0, 0.1) is 0 Å². The highest BCUT2D eigenvalue weighted by molar-refractivity contribution is 7.89. The first-order valence-corrected chi connectivity index (χ1v) is 16.1. The van der Waals surface area contributed by atoms with E-state index in [1.54, 1.807) is 7.11 Å². The van der Waals surface area contributed by atoms with Gasteiger partial charge in [0.1, 0.15) is 11.8 Å². The number of carbonyl (C=O) groups is 1. The number of halogens is 3. The largest absolute Gasteiger partial charge is 0.497 e. The smallest absolute Gasteiger partial charge is 0.390 e. The van der Waals surface area contributed by atoms with Crippen LogP contribution in [0.1, 0.15) is 60.9 Å². The first-order chi connectivity index (χ1) is 20.4. The van der Waals surface area contributed by atoms with Gasteiger partial charge >= 0.3 is 6.18 Å². The van der Waals surface area contributed by atoms with Crippen LogP contribution in [0.3, 0.4) is 0 Å². The van der Waals surface area contributed by atoms with Gasteiger partial charge in [0.15, 0.2) is 0 Å². The molecule has 0 spiro atoms. The van der Waals surface area contributed by atoms with Crippen molar-refractivity contribution in [2.24, 2.45) is 0 Å². The van der Waals surface area contributed by atoms with E-state index in [4.69, 9.17) is 9.47 Å². The third-order valence-electron chi connectivity index (χ3n) is 8.14. The van der Waals surface area contributed by atoms with E-state index in [9.17, 15) is 31.5 Å². The average Bonchev–Trinajstić information content (AvgIpc) is 3.32. The van der Waals surface area contributed by atoms with Gasteiger partial charge in [-0.15, -0.1) is 0 Å². The molecule has 2 aromatic rings. The van der Waals surface area contributed by atoms with Crippen LogP contribution in [0.15, 0.2) is 48.5 Å². The normalized spacial score (nSPS) is 25.8. The molecule has 13 heteroatoms. The molecular formula is C30H40F3N3O6S. The number of β-amino-alcohol motifs (C(OH)–C–C–N with tert-alkyl or cyclic N) is 1. The Balaban J connectivity index is 1.60. The number of likely N-dealkylation sites (N-methyl/N-ethyl adjacent to an activating group) is 1. The molecule has 4 rings (SSSR count). The lowest BCUT2D eigenvalue weighted by Crippen LogP contribution is -2.55. The summed E-state index contributed by atoms with van der Waals surface area (Å²) in [5.41, 5.74) is 2.87. The van der Waals surface area contributed by atoms with E-state index in [-0.39, 0.29) is 31.5 Å². The summed E-state index contributed by atoms with van der Waals surface area (Å²) >= 11 is 0. The molecule has 1 saturated heterocycles. The quantitative estimate of drug-likeness (QED) is 0.429. The number of carbonyl (C=O) groups excluding carboxylic acids is 1. The number of sulfonamides is 1. The number of hydrogen-bond acceptors (Lipinski definition) is 7. The Bertz CT molecular complexity index is 1330. The number of methoxy groups -OCH3 is 1. The number of nitrogens with one attached hydrogen (secondary N) is 2. The fraction of sp³-hybridized carbons (Fsp3) is 0.567. The topological polar surface area (TPSA) is 117 Å². The Labute approximate surface area is 250 Å². The van der Waals surface area contributed by atoms with E-state index in [0.29, 0.717) is 31.6 Å². The minimum absolute atomic E-state index is 0.0738. The highest BCUT2D eigenvalue weighted by atomic mass is 32.2. The van der Waals surface area contributed by atoms with Crippen molar-refractivity contribution in [2.45, 2.75) is 75.0 Å². The molecule has 1 fully saturated rings.